The minimum atomic E-state index is -3.34. The van der Waals surface area contributed by atoms with Crippen LogP contribution >= 0.6 is 30.9 Å². The number of imidazole rings is 1. The van der Waals surface area contributed by atoms with Crippen molar-refractivity contribution in [1.82, 2.24) is 19.3 Å². The normalized spacial score (nSPS) is 14.2. The summed E-state index contributed by atoms with van der Waals surface area (Å²) in [6, 6.07) is 0. The molecular weight excluding hydrogens is 356 g/mol. The van der Waals surface area contributed by atoms with Gasteiger partial charge in [-0.15, -0.1) is 23.2 Å². The van der Waals surface area contributed by atoms with Crippen molar-refractivity contribution in [2.75, 3.05) is 31.9 Å². The molecule has 1 rings (SSSR count). The fraction of sp³-hybridized carbons (Fsp3) is 0.700. The minimum Gasteiger partial charge on any atom is -0.390 e. The Morgan fingerprint density at radius 2 is 2.23 bits per heavy atom. The molecule has 126 valence electrons. The molecule has 1 unspecified atom stereocenters. The SMILES string of the molecule is CN(CCCl)P(=O)(NCCCl)OCc1cnc([N+](=O)[O-])n1C. The molecule has 1 heterocycles. The van der Waals surface area contributed by atoms with E-state index in [1.165, 1.54) is 22.5 Å². The fourth-order valence-corrected chi connectivity index (χ4v) is 3.79. The lowest BCUT2D eigenvalue weighted by molar-refractivity contribution is -0.396. The Kier molecular flexibility index (Phi) is 7.75. The quantitative estimate of drug-likeness (QED) is 0.289. The number of hydrogen-bond donors (Lipinski definition) is 1. The van der Waals surface area contributed by atoms with E-state index in [1.807, 2.05) is 0 Å². The van der Waals surface area contributed by atoms with Crippen LogP contribution in [0.25, 0.3) is 0 Å². The molecule has 1 aromatic heterocycles. The molecule has 0 radical (unpaired) electrons. The molecule has 0 spiro atoms. The first-order valence-corrected chi connectivity index (χ1v) is 8.98. The third-order valence-corrected chi connectivity index (χ3v) is 5.43. The van der Waals surface area contributed by atoms with Crippen LogP contribution < -0.4 is 5.09 Å². The van der Waals surface area contributed by atoms with Gasteiger partial charge in [-0.2, -0.15) is 0 Å². The Labute approximate surface area is 138 Å². The van der Waals surface area contributed by atoms with Gasteiger partial charge in [-0.25, -0.2) is 14.3 Å². The molecule has 0 aliphatic rings. The van der Waals surface area contributed by atoms with E-state index in [0.717, 1.165) is 0 Å². The number of nitro groups is 1. The average Bonchev–Trinajstić information content (AvgIpc) is 2.84. The molecule has 9 nitrogen and oxygen atoms in total. The van der Waals surface area contributed by atoms with Crippen molar-refractivity contribution < 1.29 is 14.0 Å². The topological polar surface area (TPSA) is 103 Å². The van der Waals surface area contributed by atoms with Gasteiger partial charge in [0.25, 0.3) is 0 Å². The predicted molar refractivity (Wildman–Crippen MR) is 84.3 cm³/mol. The molecule has 1 aromatic rings. The molecule has 0 aromatic carbocycles. The van der Waals surface area contributed by atoms with Gasteiger partial charge in [-0.1, -0.05) is 4.98 Å². The Bertz CT molecular complexity index is 555. The number of aromatic nitrogens is 2. The van der Waals surface area contributed by atoms with E-state index < -0.39 is 12.6 Å². The molecule has 0 bridgehead atoms. The number of hydrogen-bond acceptors (Lipinski definition) is 5. The van der Waals surface area contributed by atoms with Crippen LogP contribution in [0, 0.1) is 10.1 Å². The molecular formula is C10H18Cl2N5O4P. The van der Waals surface area contributed by atoms with Gasteiger partial charge >= 0.3 is 13.6 Å². The highest BCUT2D eigenvalue weighted by Crippen LogP contribution is 2.46. The van der Waals surface area contributed by atoms with Crippen LogP contribution in [-0.2, 0) is 22.7 Å². The van der Waals surface area contributed by atoms with E-state index in [2.05, 4.69) is 10.1 Å². The van der Waals surface area contributed by atoms with E-state index >= 15 is 0 Å². The maximum absolute atomic E-state index is 12.8. The first-order chi connectivity index (χ1) is 10.4. The van der Waals surface area contributed by atoms with Crippen LogP contribution in [0.4, 0.5) is 5.95 Å². The Balaban J connectivity index is 2.83. The molecule has 1 N–H and O–H groups in total. The lowest BCUT2D eigenvalue weighted by Gasteiger charge is -2.27. The first-order valence-electron chi connectivity index (χ1n) is 6.34. The molecule has 1 atom stereocenters. The standard InChI is InChI=1S/C10H18Cl2N5O4P/c1-15(6-4-12)22(20,14-5-3-11)21-8-9-7-13-10(16(9)2)17(18)19/h7H,3-6,8H2,1-2H3,(H,14,20). The van der Waals surface area contributed by atoms with Crippen molar-refractivity contribution in [2.45, 2.75) is 6.61 Å². The lowest BCUT2D eigenvalue weighted by Crippen LogP contribution is -2.29. The molecule has 22 heavy (non-hydrogen) atoms. The Morgan fingerprint density at radius 3 is 2.73 bits per heavy atom. The van der Waals surface area contributed by atoms with Gasteiger partial charge in [0.05, 0.1) is 7.05 Å². The number of rotatable bonds is 10. The van der Waals surface area contributed by atoms with Gasteiger partial charge in [-0.3, -0.25) is 9.09 Å². The summed E-state index contributed by atoms with van der Waals surface area (Å²) < 4.78 is 21.0. The van der Waals surface area contributed by atoms with Crippen molar-refractivity contribution in [3.05, 3.63) is 22.0 Å². The summed E-state index contributed by atoms with van der Waals surface area (Å²) in [6.45, 7) is 0.535. The maximum atomic E-state index is 12.8. The van der Waals surface area contributed by atoms with Crippen molar-refractivity contribution in [3.63, 3.8) is 0 Å². The van der Waals surface area contributed by atoms with Crippen LogP contribution in [0.2, 0.25) is 0 Å². The zero-order valence-corrected chi connectivity index (χ0v) is 14.6. The number of nitrogens with zero attached hydrogens (tertiary/aromatic N) is 4. The van der Waals surface area contributed by atoms with Crippen molar-refractivity contribution >= 4 is 36.8 Å². The highest BCUT2D eigenvalue weighted by atomic mass is 35.5. The third kappa shape index (κ3) is 4.91. The zero-order chi connectivity index (χ0) is 16.8. The second-order valence-electron chi connectivity index (χ2n) is 4.33. The van der Waals surface area contributed by atoms with Gasteiger partial charge in [0.15, 0.2) is 0 Å². The summed E-state index contributed by atoms with van der Waals surface area (Å²) in [5.41, 5.74) is 0.430. The van der Waals surface area contributed by atoms with Gasteiger partial charge in [0.2, 0.25) is 0 Å². The highest BCUT2D eigenvalue weighted by molar-refractivity contribution is 7.54. The Hall–Kier alpha value is -0.700. The summed E-state index contributed by atoms with van der Waals surface area (Å²) in [5, 5.41) is 13.5. The Morgan fingerprint density at radius 1 is 1.55 bits per heavy atom. The van der Waals surface area contributed by atoms with Crippen molar-refractivity contribution in [2.24, 2.45) is 7.05 Å². The monoisotopic (exact) mass is 373 g/mol. The van der Waals surface area contributed by atoms with Crippen LogP contribution in [0.15, 0.2) is 6.20 Å². The molecule has 12 heteroatoms. The second-order valence-corrected chi connectivity index (χ2v) is 7.38. The van der Waals surface area contributed by atoms with E-state index in [1.54, 1.807) is 7.05 Å². The van der Waals surface area contributed by atoms with E-state index in [-0.39, 0.29) is 30.9 Å². The molecule has 0 aliphatic carbocycles. The third-order valence-electron chi connectivity index (χ3n) is 2.87. The van der Waals surface area contributed by atoms with Crippen LogP contribution in [0.3, 0.4) is 0 Å². The average molecular weight is 374 g/mol. The number of alkyl halides is 2. The zero-order valence-electron chi connectivity index (χ0n) is 12.2. The first kappa shape index (κ1) is 19.3. The van der Waals surface area contributed by atoms with E-state index in [4.69, 9.17) is 27.7 Å². The van der Waals surface area contributed by atoms with Crippen molar-refractivity contribution in [1.29, 1.82) is 0 Å². The van der Waals surface area contributed by atoms with Crippen LogP contribution in [0.1, 0.15) is 5.69 Å². The van der Waals surface area contributed by atoms with E-state index in [0.29, 0.717) is 12.2 Å². The molecule has 0 amide bonds. The molecule has 0 saturated carbocycles. The fourth-order valence-electron chi connectivity index (χ4n) is 1.59. The predicted octanol–water partition coefficient (Wildman–Crippen LogP) is 1.95. The highest BCUT2D eigenvalue weighted by Gasteiger charge is 2.29. The maximum Gasteiger partial charge on any atom is 0.434 e. The summed E-state index contributed by atoms with van der Waals surface area (Å²) in [7, 11) is -0.243. The summed E-state index contributed by atoms with van der Waals surface area (Å²) in [6.07, 6.45) is 1.31. The number of halogens is 2. The van der Waals surface area contributed by atoms with Gasteiger partial charge in [0, 0.05) is 24.8 Å². The van der Waals surface area contributed by atoms with Crippen molar-refractivity contribution in [3.8, 4) is 0 Å². The molecule has 0 aliphatic heterocycles. The number of nitrogens with one attached hydrogen (secondary N) is 1. The van der Waals surface area contributed by atoms with Gasteiger partial charge in [-0.05, 0) is 12.0 Å². The molecule has 0 saturated heterocycles. The van der Waals surface area contributed by atoms with Crippen LogP contribution in [-0.4, -0.2) is 51.0 Å². The summed E-state index contributed by atoms with van der Waals surface area (Å²) in [5.74, 6) is 0.235. The van der Waals surface area contributed by atoms with Crippen LogP contribution in [0.5, 0.6) is 0 Å². The molecule has 0 fully saturated rings. The smallest absolute Gasteiger partial charge is 0.390 e. The van der Waals surface area contributed by atoms with E-state index in [9.17, 15) is 14.7 Å². The van der Waals surface area contributed by atoms with Gasteiger partial charge < -0.3 is 10.1 Å². The largest absolute Gasteiger partial charge is 0.434 e. The van der Waals surface area contributed by atoms with Gasteiger partial charge in [0.1, 0.15) is 18.5 Å². The minimum absolute atomic E-state index is 0.101. The summed E-state index contributed by atoms with van der Waals surface area (Å²) in [4.78, 5) is 13.8. The second kappa shape index (κ2) is 8.81. The lowest BCUT2D eigenvalue weighted by atomic mass is 10.5. The summed E-state index contributed by atoms with van der Waals surface area (Å²) >= 11 is 11.3.